The number of benzene rings is 1. The minimum atomic E-state index is 0.726. The summed E-state index contributed by atoms with van der Waals surface area (Å²) in [5, 5.41) is 3.61. The standard InChI is InChI=1S/C11H12BrN/c12-9-4-3-8-5-10(7-1-2-7)13-11(8)6-9/h3-4,6-7,10,13H,1-2,5H2. The van der Waals surface area contributed by atoms with Crippen LogP contribution in [0.2, 0.25) is 0 Å². The van der Waals surface area contributed by atoms with Gasteiger partial charge in [-0.3, -0.25) is 0 Å². The van der Waals surface area contributed by atoms with Crippen LogP contribution in [0.4, 0.5) is 5.69 Å². The van der Waals surface area contributed by atoms with E-state index in [4.69, 9.17) is 0 Å². The van der Waals surface area contributed by atoms with E-state index in [1.54, 1.807) is 0 Å². The van der Waals surface area contributed by atoms with E-state index in [0.717, 1.165) is 12.0 Å². The van der Waals surface area contributed by atoms with Crippen LogP contribution in [0.5, 0.6) is 0 Å². The molecular weight excluding hydrogens is 226 g/mol. The van der Waals surface area contributed by atoms with Gasteiger partial charge in [-0.2, -0.15) is 0 Å². The van der Waals surface area contributed by atoms with Gasteiger partial charge in [0.15, 0.2) is 0 Å². The van der Waals surface area contributed by atoms with Crippen LogP contribution in [-0.2, 0) is 6.42 Å². The summed E-state index contributed by atoms with van der Waals surface area (Å²) >= 11 is 3.50. The number of fused-ring (bicyclic) bond motifs is 1. The van der Waals surface area contributed by atoms with Crippen LogP contribution in [-0.4, -0.2) is 6.04 Å². The lowest BCUT2D eigenvalue weighted by molar-refractivity contribution is 0.660. The molecule has 0 spiro atoms. The van der Waals surface area contributed by atoms with E-state index in [1.807, 2.05) is 0 Å². The second kappa shape index (κ2) is 2.74. The number of halogens is 1. The molecular formula is C11H12BrN. The molecule has 1 aliphatic carbocycles. The Morgan fingerprint density at radius 3 is 2.92 bits per heavy atom. The van der Waals surface area contributed by atoms with Crippen LogP contribution >= 0.6 is 15.9 Å². The highest BCUT2D eigenvalue weighted by molar-refractivity contribution is 9.10. The van der Waals surface area contributed by atoms with Gasteiger partial charge in [-0.15, -0.1) is 0 Å². The number of nitrogens with one attached hydrogen (secondary N) is 1. The van der Waals surface area contributed by atoms with Gasteiger partial charge in [0.2, 0.25) is 0 Å². The molecule has 0 radical (unpaired) electrons. The van der Waals surface area contributed by atoms with Crippen LogP contribution in [0.3, 0.4) is 0 Å². The van der Waals surface area contributed by atoms with E-state index in [0.29, 0.717) is 0 Å². The molecule has 0 bridgehead atoms. The zero-order chi connectivity index (χ0) is 8.84. The highest BCUT2D eigenvalue weighted by Gasteiger charge is 2.34. The highest BCUT2D eigenvalue weighted by atomic mass is 79.9. The molecule has 0 aromatic heterocycles. The third-order valence-corrected chi connectivity index (χ3v) is 3.54. The number of hydrogen-bond acceptors (Lipinski definition) is 1. The first-order chi connectivity index (χ1) is 6.33. The van der Waals surface area contributed by atoms with E-state index in [1.165, 1.54) is 35.0 Å². The summed E-state index contributed by atoms with van der Waals surface area (Å²) in [4.78, 5) is 0. The van der Waals surface area contributed by atoms with Crippen molar-refractivity contribution in [1.82, 2.24) is 0 Å². The number of hydrogen-bond donors (Lipinski definition) is 1. The van der Waals surface area contributed by atoms with Crippen molar-refractivity contribution in [3.8, 4) is 0 Å². The summed E-state index contributed by atoms with van der Waals surface area (Å²) in [6, 6.07) is 7.28. The normalized spacial score (nSPS) is 25.5. The molecule has 68 valence electrons. The first-order valence-corrected chi connectivity index (χ1v) is 5.67. The van der Waals surface area contributed by atoms with Crippen molar-refractivity contribution in [3.05, 3.63) is 28.2 Å². The third kappa shape index (κ3) is 1.37. The summed E-state index contributed by atoms with van der Waals surface area (Å²) in [6.45, 7) is 0. The number of anilines is 1. The summed E-state index contributed by atoms with van der Waals surface area (Å²) in [5.41, 5.74) is 2.83. The summed E-state index contributed by atoms with van der Waals surface area (Å²) in [7, 11) is 0. The van der Waals surface area contributed by atoms with Crippen molar-refractivity contribution >= 4 is 21.6 Å². The fourth-order valence-corrected chi connectivity index (χ4v) is 2.49. The van der Waals surface area contributed by atoms with E-state index in [2.05, 4.69) is 39.4 Å². The molecule has 13 heavy (non-hydrogen) atoms. The summed E-state index contributed by atoms with van der Waals surface area (Å²) < 4.78 is 1.18. The molecule has 0 saturated heterocycles. The molecule has 1 saturated carbocycles. The molecule has 1 fully saturated rings. The van der Waals surface area contributed by atoms with Crippen LogP contribution in [0, 0.1) is 5.92 Å². The predicted molar refractivity (Wildman–Crippen MR) is 58.0 cm³/mol. The van der Waals surface area contributed by atoms with Crippen molar-refractivity contribution in [2.24, 2.45) is 5.92 Å². The average Bonchev–Trinajstić information content (AvgIpc) is 2.87. The molecule has 1 atom stereocenters. The fraction of sp³-hybridized carbons (Fsp3) is 0.455. The van der Waals surface area contributed by atoms with Gasteiger partial charge in [0, 0.05) is 16.2 Å². The Hall–Kier alpha value is -0.500. The Bertz CT molecular complexity index is 344. The van der Waals surface area contributed by atoms with Crippen LogP contribution in [0.1, 0.15) is 18.4 Å². The molecule has 1 aromatic carbocycles. The molecule has 2 heteroatoms. The Morgan fingerprint density at radius 1 is 1.31 bits per heavy atom. The minimum absolute atomic E-state index is 0.726. The first kappa shape index (κ1) is 7.86. The molecule has 3 rings (SSSR count). The molecule has 1 unspecified atom stereocenters. The summed E-state index contributed by atoms with van der Waals surface area (Å²) in [5.74, 6) is 0.950. The molecule has 1 aliphatic heterocycles. The summed E-state index contributed by atoms with van der Waals surface area (Å²) in [6.07, 6.45) is 4.08. The van der Waals surface area contributed by atoms with Gasteiger partial charge in [0.25, 0.3) is 0 Å². The van der Waals surface area contributed by atoms with E-state index >= 15 is 0 Å². The maximum Gasteiger partial charge on any atom is 0.0387 e. The fourth-order valence-electron chi connectivity index (χ4n) is 2.13. The predicted octanol–water partition coefficient (Wildman–Crippen LogP) is 3.20. The Morgan fingerprint density at radius 2 is 2.15 bits per heavy atom. The first-order valence-electron chi connectivity index (χ1n) is 4.88. The van der Waals surface area contributed by atoms with Gasteiger partial charge in [-0.25, -0.2) is 0 Å². The van der Waals surface area contributed by atoms with Gasteiger partial charge in [-0.05, 0) is 42.9 Å². The molecule has 1 nitrogen and oxygen atoms in total. The minimum Gasteiger partial charge on any atom is -0.381 e. The lowest BCUT2D eigenvalue weighted by atomic mass is 10.1. The largest absolute Gasteiger partial charge is 0.381 e. The SMILES string of the molecule is Brc1ccc2c(c1)NC(C1CC1)C2. The van der Waals surface area contributed by atoms with Crippen molar-refractivity contribution in [2.45, 2.75) is 25.3 Å². The monoisotopic (exact) mass is 237 g/mol. The average molecular weight is 238 g/mol. The maximum atomic E-state index is 3.61. The van der Waals surface area contributed by atoms with Gasteiger partial charge in [0.1, 0.15) is 0 Å². The van der Waals surface area contributed by atoms with Crippen molar-refractivity contribution < 1.29 is 0 Å². The smallest absolute Gasteiger partial charge is 0.0387 e. The number of rotatable bonds is 1. The highest BCUT2D eigenvalue weighted by Crippen LogP contribution is 2.40. The molecule has 1 N–H and O–H groups in total. The quantitative estimate of drug-likeness (QED) is 0.792. The Kier molecular flexibility index (Phi) is 1.66. The zero-order valence-corrected chi connectivity index (χ0v) is 8.97. The van der Waals surface area contributed by atoms with Gasteiger partial charge < -0.3 is 5.32 Å². The Balaban J connectivity index is 1.90. The maximum absolute atomic E-state index is 3.61. The van der Waals surface area contributed by atoms with Crippen LogP contribution in [0.15, 0.2) is 22.7 Å². The van der Waals surface area contributed by atoms with Crippen molar-refractivity contribution in [2.75, 3.05) is 5.32 Å². The third-order valence-electron chi connectivity index (χ3n) is 3.04. The molecule has 1 aromatic rings. The van der Waals surface area contributed by atoms with E-state index < -0.39 is 0 Å². The van der Waals surface area contributed by atoms with Gasteiger partial charge in [-0.1, -0.05) is 22.0 Å². The second-order valence-electron chi connectivity index (χ2n) is 4.09. The molecule has 0 amide bonds. The van der Waals surface area contributed by atoms with Gasteiger partial charge in [0.05, 0.1) is 0 Å². The Labute approximate surface area is 86.7 Å². The van der Waals surface area contributed by atoms with Crippen molar-refractivity contribution in [1.29, 1.82) is 0 Å². The molecule has 1 heterocycles. The molecule has 2 aliphatic rings. The lowest BCUT2D eigenvalue weighted by Crippen LogP contribution is -2.17. The van der Waals surface area contributed by atoms with E-state index in [-0.39, 0.29) is 0 Å². The van der Waals surface area contributed by atoms with Crippen LogP contribution < -0.4 is 5.32 Å². The topological polar surface area (TPSA) is 12.0 Å². The zero-order valence-electron chi connectivity index (χ0n) is 7.39. The van der Waals surface area contributed by atoms with Crippen LogP contribution in [0.25, 0.3) is 0 Å². The van der Waals surface area contributed by atoms with Gasteiger partial charge >= 0.3 is 0 Å². The van der Waals surface area contributed by atoms with E-state index in [9.17, 15) is 0 Å². The second-order valence-corrected chi connectivity index (χ2v) is 5.01. The lowest BCUT2D eigenvalue weighted by Gasteiger charge is -2.08. The van der Waals surface area contributed by atoms with Crippen molar-refractivity contribution in [3.63, 3.8) is 0 Å².